The molecule has 0 aromatic heterocycles. The highest BCUT2D eigenvalue weighted by molar-refractivity contribution is 5.67. The standard InChI is InChI=1S/C15H22N2O2.C2H6/c16-13-3-1-2-4-14(13)17-7-5-12(6-8-17)15-11-18-9-10-19-15;1-2/h1-4,12,15H,5-11,16H2;1-2H3. The van der Waals surface area contributed by atoms with E-state index in [2.05, 4.69) is 17.0 Å². The van der Waals surface area contributed by atoms with Gasteiger partial charge in [0, 0.05) is 13.1 Å². The molecule has 0 aliphatic carbocycles. The van der Waals surface area contributed by atoms with Crippen LogP contribution in [0.2, 0.25) is 0 Å². The minimum absolute atomic E-state index is 0.295. The van der Waals surface area contributed by atoms with E-state index in [1.54, 1.807) is 0 Å². The average Bonchev–Trinajstić information content (AvgIpc) is 2.58. The summed E-state index contributed by atoms with van der Waals surface area (Å²) in [5, 5.41) is 0. The van der Waals surface area contributed by atoms with Gasteiger partial charge in [0.05, 0.1) is 37.3 Å². The summed E-state index contributed by atoms with van der Waals surface area (Å²) < 4.78 is 11.3. The van der Waals surface area contributed by atoms with Crippen LogP contribution in [-0.2, 0) is 9.47 Å². The molecule has 2 aliphatic heterocycles. The van der Waals surface area contributed by atoms with Gasteiger partial charge in [-0.05, 0) is 30.9 Å². The van der Waals surface area contributed by atoms with E-state index < -0.39 is 0 Å². The molecule has 118 valence electrons. The summed E-state index contributed by atoms with van der Waals surface area (Å²) in [6.07, 6.45) is 2.61. The van der Waals surface area contributed by atoms with Crippen LogP contribution in [0, 0.1) is 5.92 Å². The zero-order valence-corrected chi connectivity index (χ0v) is 13.3. The molecule has 2 saturated heterocycles. The first-order valence-electron chi connectivity index (χ1n) is 8.13. The maximum absolute atomic E-state index is 6.04. The molecule has 0 saturated carbocycles. The third-order valence-electron chi connectivity index (χ3n) is 4.18. The molecule has 0 amide bonds. The van der Waals surface area contributed by atoms with E-state index in [0.29, 0.717) is 12.0 Å². The van der Waals surface area contributed by atoms with Crippen molar-refractivity contribution in [1.82, 2.24) is 0 Å². The number of hydrogen-bond donors (Lipinski definition) is 1. The highest BCUT2D eigenvalue weighted by atomic mass is 16.6. The van der Waals surface area contributed by atoms with Gasteiger partial charge in [0.1, 0.15) is 0 Å². The van der Waals surface area contributed by atoms with Gasteiger partial charge in [0.2, 0.25) is 0 Å². The van der Waals surface area contributed by atoms with Crippen molar-refractivity contribution in [2.75, 3.05) is 43.5 Å². The van der Waals surface area contributed by atoms with Crippen LogP contribution in [0.15, 0.2) is 24.3 Å². The molecule has 2 N–H and O–H groups in total. The molecule has 4 heteroatoms. The molecule has 2 heterocycles. The van der Waals surface area contributed by atoms with Gasteiger partial charge in [-0.1, -0.05) is 26.0 Å². The van der Waals surface area contributed by atoms with Gasteiger partial charge in [0.25, 0.3) is 0 Å². The van der Waals surface area contributed by atoms with E-state index >= 15 is 0 Å². The first-order chi connectivity index (χ1) is 10.3. The lowest BCUT2D eigenvalue weighted by Gasteiger charge is -2.38. The average molecular weight is 292 g/mol. The first kappa shape index (κ1) is 16.1. The Morgan fingerprint density at radius 1 is 1.10 bits per heavy atom. The van der Waals surface area contributed by atoms with Crippen LogP contribution in [-0.4, -0.2) is 39.0 Å². The Morgan fingerprint density at radius 3 is 2.43 bits per heavy atom. The number of nitrogens with zero attached hydrogens (tertiary/aromatic N) is 1. The number of rotatable bonds is 2. The van der Waals surface area contributed by atoms with Crippen molar-refractivity contribution in [3.8, 4) is 0 Å². The van der Waals surface area contributed by atoms with Crippen molar-refractivity contribution >= 4 is 11.4 Å². The summed E-state index contributed by atoms with van der Waals surface area (Å²) in [5.74, 6) is 0.626. The molecule has 2 fully saturated rings. The molecule has 0 radical (unpaired) electrons. The molecule has 0 bridgehead atoms. The van der Waals surface area contributed by atoms with E-state index in [1.807, 2.05) is 26.0 Å². The number of nitrogens with two attached hydrogens (primary N) is 1. The molecular formula is C17H28N2O2. The Bertz CT molecular complexity index is 411. The topological polar surface area (TPSA) is 47.7 Å². The highest BCUT2D eigenvalue weighted by Crippen LogP contribution is 2.30. The molecule has 1 aromatic rings. The summed E-state index contributed by atoms with van der Waals surface area (Å²) in [4.78, 5) is 2.38. The monoisotopic (exact) mass is 292 g/mol. The van der Waals surface area contributed by atoms with Crippen LogP contribution in [0.3, 0.4) is 0 Å². The second-order valence-corrected chi connectivity index (χ2v) is 5.37. The lowest BCUT2D eigenvalue weighted by atomic mass is 9.91. The summed E-state index contributed by atoms with van der Waals surface area (Å²) >= 11 is 0. The van der Waals surface area contributed by atoms with E-state index in [0.717, 1.165) is 51.4 Å². The zero-order valence-electron chi connectivity index (χ0n) is 13.3. The van der Waals surface area contributed by atoms with Crippen LogP contribution in [0.25, 0.3) is 0 Å². The van der Waals surface area contributed by atoms with E-state index in [1.165, 1.54) is 5.69 Å². The van der Waals surface area contributed by atoms with E-state index in [-0.39, 0.29) is 0 Å². The number of anilines is 2. The molecule has 3 rings (SSSR count). The lowest BCUT2D eigenvalue weighted by molar-refractivity contribution is -0.114. The number of para-hydroxylation sites is 2. The fourth-order valence-corrected chi connectivity index (χ4v) is 3.07. The number of hydrogen-bond acceptors (Lipinski definition) is 4. The van der Waals surface area contributed by atoms with Crippen LogP contribution < -0.4 is 10.6 Å². The molecule has 1 unspecified atom stereocenters. The number of nitrogen functional groups attached to an aromatic ring is 1. The molecule has 1 aromatic carbocycles. The number of piperidine rings is 1. The van der Waals surface area contributed by atoms with Crippen molar-refractivity contribution in [2.45, 2.75) is 32.8 Å². The Labute approximate surface area is 128 Å². The van der Waals surface area contributed by atoms with Gasteiger partial charge in [0.15, 0.2) is 0 Å². The fourth-order valence-electron chi connectivity index (χ4n) is 3.07. The SMILES string of the molecule is CC.Nc1ccccc1N1CCC(C2COCCO2)CC1. The zero-order chi connectivity index (χ0) is 15.1. The predicted molar refractivity (Wildman–Crippen MR) is 87.7 cm³/mol. The summed E-state index contributed by atoms with van der Waals surface area (Å²) in [6.45, 7) is 8.36. The molecule has 2 aliphatic rings. The number of benzene rings is 1. The minimum atomic E-state index is 0.295. The Balaban J connectivity index is 0.000000774. The van der Waals surface area contributed by atoms with Gasteiger partial charge in [-0.15, -0.1) is 0 Å². The minimum Gasteiger partial charge on any atom is -0.397 e. The highest BCUT2D eigenvalue weighted by Gasteiger charge is 2.29. The van der Waals surface area contributed by atoms with Crippen molar-refractivity contribution in [3.63, 3.8) is 0 Å². The van der Waals surface area contributed by atoms with E-state index in [4.69, 9.17) is 15.2 Å². The molecule has 1 atom stereocenters. The molecular weight excluding hydrogens is 264 g/mol. The quantitative estimate of drug-likeness (QED) is 0.851. The van der Waals surface area contributed by atoms with Crippen LogP contribution in [0.4, 0.5) is 11.4 Å². The van der Waals surface area contributed by atoms with Gasteiger partial charge < -0.3 is 20.1 Å². The summed E-state index contributed by atoms with van der Waals surface area (Å²) in [6, 6.07) is 8.12. The summed E-state index contributed by atoms with van der Waals surface area (Å²) in [5.41, 5.74) is 8.08. The van der Waals surface area contributed by atoms with Crippen molar-refractivity contribution in [3.05, 3.63) is 24.3 Å². The molecule has 0 spiro atoms. The van der Waals surface area contributed by atoms with Crippen molar-refractivity contribution in [2.24, 2.45) is 5.92 Å². The normalized spacial score (nSPS) is 23.3. The molecule has 21 heavy (non-hydrogen) atoms. The first-order valence-corrected chi connectivity index (χ1v) is 8.13. The number of ether oxygens (including phenoxy) is 2. The molecule has 4 nitrogen and oxygen atoms in total. The Morgan fingerprint density at radius 2 is 1.81 bits per heavy atom. The lowest BCUT2D eigenvalue weighted by Crippen LogP contribution is -2.42. The Kier molecular flexibility index (Phi) is 6.33. The fraction of sp³-hybridized carbons (Fsp3) is 0.647. The largest absolute Gasteiger partial charge is 0.397 e. The van der Waals surface area contributed by atoms with Gasteiger partial charge in [-0.2, -0.15) is 0 Å². The smallest absolute Gasteiger partial charge is 0.0839 e. The maximum Gasteiger partial charge on any atom is 0.0839 e. The third-order valence-corrected chi connectivity index (χ3v) is 4.18. The van der Waals surface area contributed by atoms with Gasteiger partial charge in [-0.25, -0.2) is 0 Å². The Hall–Kier alpha value is -1.26. The van der Waals surface area contributed by atoms with Gasteiger partial charge >= 0.3 is 0 Å². The summed E-state index contributed by atoms with van der Waals surface area (Å²) in [7, 11) is 0. The van der Waals surface area contributed by atoms with Gasteiger partial charge in [-0.3, -0.25) is 0 Å². The second-order valence-electron chi connectivity index (χ2n) is 5.37. The third kappa shape index (κ3) is 4.11. The van der Waals surface area contributed by atoms with E-state index in [9.17, 15) is 0 Å². The second kappa shape index (κ2) is 8.25. The van der Waals surface area contributed by atoms with Crippen molar-refractivity contribution in [1.29, 1.82) is 0 Å². The maximum atomic E-state index is 6.04. The van der Waals surface area contributed by atoms with Crippen LogP contribution in [0.5, 0.6) is 0 Å². The van der Waals surface area contributed by atoms with Crippen LogP contribution in [0.1, 0.15) is 26.7 Å². The predicted octanol–water partition coefficient (Wildman–Crippen LogP) is 2.93. The van der Waals surface area contributed by atoms with Crippen molar-refractivity contribution < 1.29 is 9.47 Å². The van der Waals surface area contributed by atoms with Crippen LogP contribution >= 0.6 is 0 Å².